The summed E-state index contributed by atoms with van der Waals surface area (Å²) in [4.78, 5) is 38.3. The Bertz CT molecular complexity index is 1470. The van der Waals surface area contributed by atoms with Crippen molar-refractivity contribution in [2.24, 2.45) is 0 Å². The van der Waals surface area contributed by atoms with Crippen LogP contribution >= 0.6 is 15.9 Å². The van der Waals surface area contributed by atoms with Crippen molar-refractivity contribution in [1.29, 1.82) is 0 Å². The van der Waals surface area contributed by atoms with E-state index in [2.05, 4.69) is 31.9 Å². The number of pyridine rings is 1. The minimum atomic E-state index is -0.604. The van der Waals surface area contributed by atoms with Crippen LogP contribution in [0, 0.1) is 0 Å². The van der Waals surface area contributed by atoms with Crippen LogP contribution in [-0.4, -0.2) is 31.1 Å². The average molecular weight is 590 g/mol. The fourth-order valence-electron chi connectivity index (χ4n) is 4.26. The van der Waals surface area contributed by atoms with Gasteiger partial charge in [0.1, 0.15) is 13.2 Å². The van der Waals surface area contributed by atoms with Gasteiger partial charge in [0.15, 0.2) is 6.20 Å². The minimum absolute atomic E-state index is 0.00198. The summed E-state index contributed by atoms with van der Waals surface area (Å²) in [6.07, 6.45) is 2.04. The first-order valence-corrected chi connectivity index (χ1v) is 13.5. The molecule has 39 heavy (non-hydrogen) atoms. The first-order valence-electron chi connectivity index (χ1n) is 12.7. The number of benzene rings is 3. The van der Waals surface area contributed by atoms with Gasteiger partial charge in [0, 0.05) is 23.1 Å². The number of ether oxygens (including phenoxy) is 1. The summed E-state index contributed by atoms with van der Waals surface area (Å²) in [7, 11) is 0. The largest absolute Gasteiger partial charge is 0.447 e. The SMILES string of the molecule is CCC[n+]1cc(Br)cc(CC(=O)NCCOC(=O)Nc2cccc3ccccc23)c1C(=O)Nc1ccccc1. The Morgan fingerprint density at radius 2 is 1.67 bits per heavy atom. The molecule has 3 N–H and O–H groups in total. The number of para-hydroxylation sites is 1. The van der Waals surface area contributed by atoms with Gasteiger partial charge in [-0.15, -0.1) is 0 Å². The molecule has 0 aliphatic heterocycles. The molecule has 0 unspecified atom stereocenters. The molecule has 3 aromatic carbocycles. The van der Waals surface area contributed by atoms with Crippen molar-refractivity contribution in [3.05, 3.63) is 101 Å². The molecule has 0 fully saturated rings. The maximum Gasteiger partial charge on any atom is 0.411 e. The quantitative estimate of drug-likeness (QED) is 0.169. The first kappa shape index (κ1) is 27.8. The zero-order valence-corrected chi connectivity index (χ0v) is 23.2. The Kier molecular flexibility index (Phi) is 9.64. The van der Waals surface area contributed by atoms with E-state index in [0.717, 1.165) is 21.7 Å². The molecule has 9 heteroatoms. The van der Waals surface area contributed by atoms with E-state index in [1.165, 1.54) is 0 Å². The van der Waals surface area contributed by atoms with Crippen molar-refractivity contribution in [1.82, 2.24) is 5.32 Å². The van der Waals surface area contributed by atoms with E-state index in [0.29, 0.717) is 29.2 Å². The van der Waals surface area contributed by atoms with Crippen LogP contribution in [0.25, 0.3) is 10.8 Å². The van der Waals surface area contributed by atoms with E-state index < -0.39 is 6.09 Å². The molecular weight excluding hydrogens is 560 g/mol. The summed E-state index contributed by atoms with van der Waals surface area (Å²) in [5.41, 5.74) is 2.32. The fourth-order valence-corrected chi connectivity index (χ4v) is 4.78. The van der Waals surface area contributed by atoms with Crippen molar-refractivity contribution < 1.29 is 23.7 Å². The molecule has 0 aliphatic carbocycles. The Balaban J connectivity index is 1.35. The molecule has 0 saturated heterocycles. The second kappa shape index (κ2) is 13.5. The fraction of sp³-hybridized carbons (Fsp3) is 0.200. The number of fused-ring (bicyclic) bond motifs is 1. The smallest absolute Gasteiger partial charge is 0.411 e. The van der Waals surface area contributed by atoms with Crippen molar-refractivity contribution in [3.63, 3.8) is 0 Å². The molecule has 0 saturated carbocycles. The molecule has 4 aromatic rings. The van der Waals surface area contributed by atoms with Crippen LogP contribution in [0.2, 0.25) is 0 Å². The number of aromatic nitrogens is 1. The van der Waals surface area contributed by atoms with E-state index in [1.807, 2.05) is 84.4 Å². The van der Waals surface area contributed by atoms with E-state index in [9.17, 15) is 14.4 Å². The molecule has 0 aliphatic rings. The van der Waals surface area contributed by atoms with Crippen LogP contribution in [0.1, 0.15) is 29.4 Å². The topological polar surface area (TPSA) is 100 Å². The number of rotatable bonds is 10. The Morgan fingerprint density at radius 1 is 0.923 bits per heavy atom. The normalized spacial score (nSPS) is 10.6. The molecule has 0 spiro atoms. The van der Waals surface area contributed by atoms with E-state index in [-0.39, 0.29) is 31.4 Å². The molecule has 200 valence electrons. The Morgan fingerprint density at radius 3 is 2.46 bits per heavy atom. The van der Waals surface area contributed by atoms with Crippen molar-refractivity contribution in [2.45, 2.75) is 26.3 Å². The highest BCUT2D eigenvalue weighted by Gasteiger charge is 2.26. The van der Waals surface area contributed by atoms with Gasteiger partial charge in [-0.05, 0) is 45.6 Å². The van der Waals surface area contributed by atoms with E-state index in [4.69, 9.17) is 4.74 Å². The van der Waals surface area contributed by atoms with Crippen LogP contribution in [-0.2, 0) is 22.5 Å². The number of amides is 3. The van der Waals surface area contributed by atoms with Gasteiger partial charge in [-0.25, -0.2) is 4.79 Å². The summed E-state index contributed by atoms with van der Waals surface area (Å²) >= 11 is 3.50. The van der Waals surface area contributed by atoms with Gasteiger partial charge in [0.25, 0.3) is 5.69 Å². The number of nitrogens with one attached hydrogen (secondary N) is 3. The highest BCUT2D eigenvalue weighted by atomic mass is 79.9. The average Bonchev–Trinajstić information content (AvgIpc) is 2.92. The maximum atomic E-state index is 13.2. The second-order valence-corrected chi connectivity index (χ2v) is 9.78. The van der Waals surface area contributed by atoms with Crippen LogP contribution in [0.5, 0.6) is 0 Å². The van der Waals surface area contributed by atoms with Gasteiger partial charge in [0.05, 0.1) is 23.1 Å². The number of anilines is 2. The van der Waals surface area contributed by atoms with Crippen LogP contribution in [0.4, 0.5) is 16.2 Å². The molecule has 0 bridgehead atoms. The summed E-state index contributed by atoms with van der Waals surface area (Å²) in [6.45, 7) is 2.77. The van der Waals surface area contributed by atoms with Gasteiger partial charge in [-0.1, -0.05) is 61.5 Å². The van der Waals surface area contributed by atoms with Gasteiger partial charge >= 0.3 is 12.0 Å². The van der Waals surface area contributed by atoms with E-state index >= 15 is 0 Å². The van der Waals surface area contributed by atoms with Crippen LogP contribution in [0.3, 0.4) is 0 Å². The number of aryl methyl sites for hydroxylation is 1. The van der Waals surface area contributed by atoms with Crippen molar-refractivity contribution in [2.75, 3.05) is 23.8 Å². The third-order valence-electron chi connectivity index (χ3n) is 5.93. The zero-order chi connectivity index (χ0) is 27.6. The number of halogens is 1. The second-order valence-electron chi connectivity index (χ2n) is 8.86. The molecule has 0 atom stereocenters. The summed E-state index contributed by atoms with van der Waals surface area (Å²) in [5, 5.41) is 10.3. The minimum Gasteiger partial charge on any atom is -0.447 e. The number of carbonyl (C=O) groups is 3. The summed E-state index contributed by atoms with van der Waals surface area (Å²) in [6, 6.07) is 24.3. The van der Waals surface area contributed by atoms with Gasteiger partial charge in [0.2, 0.25) is 5.91 Å². The molecule has 1 aromatic heterocycles. The lowest BCUT2D eigenvalue weighted by atomic mass is 10.1. The maximum absolute atomic E-state index is 13.2. The predicted molar refractivity (Wildman–Crippen MR) is 155 cm³/mol. The van der Waals surface area contributed by atoms with Crippen LogP contribution < -0.4 is 20.5 Å². The standard InChI is InChI=1S/C30H29BrN4O4/c1-2-16-35-20-23(31)18-22(28(35)29(37)33-24-11-4-3-5-12-24)19-27(36)32-15-17-39-30(38)34-26-14-8-10-21-9-6-7-13-25(21)26/h3-14,18,20H,2,15-17,19H2,1H3,(H2-,32,33,34,36,37,38)/p+1. The molecule has 8 nitrogen and oxygen atoms in total. The number of hydrogen-bond acceptors (Lipinski definition) is 4. The summed E-state index contributed by atoms with van der Waals surface area (Å²) in [5.74, 6) is -0.582. The van der Waals surface area contributed by atoms with Crippen molar-refractivity contribution >= 4 is 56.0 Å². The van der Waals surface area contributed by atoms with Gasteiger partial charge in [-0.3, -0.25) is 14.9 Å². The lowest BCUT2D eigenvalue weighted by Gasteiger charge is -2.12. The van der Waals surface area contributed by atoms with Gasteiger partial charge < -0.3 is 15.4 Å². The highest BCUT2D eigenvalue weighted by molar-refractivity contribution is 9.10. The summed E-state index contributed by atoms with van der Waals surface area (Å²) < 4.78 is 7.87. The Hall–Kier alpha value is -4.24. The van der Waals surface area contributed by atoms with E-state index in [1.54, 1.807) is 12.1 Å². The number of hydrogen-bond donors (Lipinski definition) is 3. The molecule has 0 radical (unpaired) electrons. The van der Waals surface area contributed by atoms with Crippen LogP contribution in [0.15, 0.2) is 89.5 Å². The lowest BCUT2D eigenvalue weighted by Crippen LogP contribution is -2.44. The molecular formula is C30H30BrN4O4+. The third kappa shape index (κ3) is 7.64. The Labute approximate surface area is 235 Å². The molecule has 3 amide bonds. The molecule has 1 heterocycles. The first-order chi connectivity index (χ1) is 18.9. The van der Waals surface area contributed by atoms with Gasteiger partial charge in [-0.2, -0.15) is 4.57 Å². The van der Waals surface area contributed by atoms with Crippen molar-refractivity contribution in [3.8, 4) is 0 Å². The number of nitrogens with zero attached hydrogens (tertiary/aromatic N) is 1. The third-order valence-corrected chi connectivity index (χ3v) is 6.36. The monoisotopic (exact) mass is 589 g/mol. The zero-order valence-electron chi connectivity index (χ0n) is 21.6. The highest BCUT2D eigenvalue weighted by Crippen LogP contribution is 2.23. The molecule has 4 rings (SSSR count). The number of carbonyl (C=O) groups excluding carboxylic acids is 3. The lowest BCUT2D eigenvalue weighted by molar-refractivity contribution is -0.699. The predicted octanol–water partition coefficient (Wildman–Crippen LogP) is 5.46.